The van der Waals surface area contributed by atoms with Gasteiger partial charge in [0.25, 0.3) is 0 Å². The predicted octanol–water partition coefficient (Wildman–Crippen LogP) is 1.71. The first-order valence-electron chi connectivity index (χ1n) is 7.67. The summed E-state index contributed by atoms with van der Waals surface area (Å²) in [6.45, 7) is 6.96. The number of benzene rings is 1. The Hall–Kier alpha value is -1.41. The molecule has 2 fully saturated rings. The standard InChI is InChI=1S/C17H23N3O/c1-19-6-5-17(12-19)13-20(7-8-21-14-17)11-16-4-2-3-15(9-16)10-18/h2-4,9H,5-8,11-14H2,1H3. The molecule has 1 unspecified atom stereocenters. The molecule has 0 N–H and O–H groups in total. The average molecular weight is 285 g/mol. The van der Waals surface area contributed by atoms with Gasteiger partial charge in [0.05, 0.1) is 24.8 Å². The highest BCUT2D eigenvalue weighted by molar-refractivity contribution is 5.32. The number of hydrogen-bond donors (Lipinski definition) is 0. The molecule has 21 heavy (non-hydrogen) atoms. The maximum Gasteiger partial charge on any atom is 0.0991 e. The van der Waals surface area contributed by atoms with Crippen LogP contribution >= 0.6 is 0 Å². The predicted molar refractivity (Wildman–Crippen MR) is 81.8 cm³/mol. The summed E-state index contributed by atoms with van der Waals surface area (Å²) < 4.78 is 5.87. The van der Waals surface area contributed by atoms with Gasteiger partial charge in [-0.1, -0.05) is 12.1 Å². The second-order valence-electron chi connectivity index (χ2n) is 6.56. The summed E-state index contributed by atoms with van der Waals surface area (Å²) >= 11 is 0. The van der Waals surface area contributed by atoms with Gasteiger partial charge in [-0.3, -0.25) is 4.90 Å². The van der Waals surface area contributed by atoms with Crippen LogP contribution in [0.3, 0.4) is 0 Å². The van der Waals surface area contributed by atoms with Crippen molar-refractivity contribution in [3.05, 3.63) is 35.4 Å². The van der Waals surface area contributed by atoms with Gasteiger partial charge in [0.2, 0.25) is 0 Å². The van der Waals surface area contributed by atoms with E-state index in [0.717, 1.165) is 45.0 Å². The van der Waals surface area contributed by atoms with Gasteiger partial charge in [0, 0.05) is 31.6 Å². The van der Waals surface area contributed by atoms with E-state index in [1.165, 1.54) is 18.5 Å². The topological polar surface area (TPSA) is 39.5 Å². The lowest BCUT2D eigenvalue weighted by Gasteiger charge is -2.31. The van der Waals surface area contributed by atoms with Crippen molar-refractivity contribution in [2.24, 2.45) is 5.41 Å². The summed E-state index contributed by atoms with van der Waals surface area (Å²) in [5.41, 5.74) is 2.25. The van der Waals surface area contributed by atoms with E-state index < -0.39 is 0 Å². The van der Waals surface area contributed by atoms with Crippen molar-refractivity contribution in [3.8, 4) is 6.07 Å². The zero-order valence-electron chi connectivity index (χ0n) is 12.7. The van der Waals surface area contributed by atoms with Gasteiger partial charge in [0.15, 0.2) is 0 Å². The van der Waals surface area contributed by atoms with Crippen molar-refractivity contribution in [2.75, 3.05) is 46.4 Å². The molecule has 2 aliphatic rings. The third kappa shape index (κ3) is 3.44. The van der Waals surface area contributed by atoms with Crippen LogP contribution in [0.2, 0.25) is 0 Å². The molecule has 0 aliphatic carbocycles. The number of nitriles is 1. The van der Waals surface area contributed by atoms with E-state index in [-0.39, 0.29) is 5.41 Å². The van der Waals surface area contributed by atoms with Crippen LogP contribution in [0.15, 0.2) is 24.3 Å². The van der Waals surface area contributed by atoms with Gasteiger partial charge in [-0.2, -0.15) is 5.26 Å². The second kappa shape index (κ2) is 6.15. The van der Waals surface area contributed by atoms with Crippen LogP contribution in [0.4, 0.5) is 0 Å². The number of hydrogen-bond acceptors (Lipinski definition) is 4. The quantitative estimate of drug-likeness (QED) is 0.829. The third-order valence-corrected chi connectivity index (χ3v) is 4.61. The summed E-state index contributed by atoms with van der Waals surface area (Å²) in [4.78, 5) is 4.89. The first kappa shape index (κ1) is 14.5. The van der Waals surface area contributed by atoms with E-state index in [1.54, 1.807) is 0 Å². The van der Waals surface area contributed by atoms with Crippen LogP contribution in [0.25, 0.3) is 0 Å². The molecule has 4 heteroatoms. The minimum Gasteiger partial charge on any atom is -0.379 e. The van der Waals surface area contributed by atoms with E-state index in [4.69, 9.17) is 10.00 Å². The van der Waals surface area contributed by atoms with E-state index in [0.29, 0.717) is 0 Å². The molecule has 0 bridgehead atoms. The molecular weight excluding hydrogens is 262 g/mol. The molecule has 0 amide bonds. The van der Waals surface area contributed by atoms with Gasteiger partial charge in [-0.25, -0.2) is 0 Å². The molecule has 0 saturated carbocycles. The van der Waals surface area contributed by atoms with Crippen LogP contribution in [0, 0.1) is 16.7 Å². The van der Waals surface area contributed by atoms with E-state index in [2.05, 4.69) is 29.0 Å². The monoisotopic (exact) mass is 285 g/mol. The molecule has 1 aromatic carbocycles. The van der Waals surface area contributed by atoms with Gasteiger partial charge < -0.3 is 9.64 Å². The van der Waals surface area contributed by atoms with Gasteiger partial charge in [0.1, 0.15) is 0 Å². The average Bonchev–Trinajstić information content (AvgIpc) is 2.73. The molecule has 2 heterocycles. The molecule has 3 rings (SSSR count). The van der Waals surface area contributed by atoms with Crippen LogP contribution in [0.1, 0.15) is 17.5 Å². The van der Waals surface area contributed by atoms with Crippen molar-refractivity contribution in [1.29, 1.82) is 5.26 Å². The van der Waals surface area contributed by atoms with Crippen LogP contribution in [0.5, 0.6) is 0 Å². The lowest BCUT2D eigenvalue weighted by atomic mass is 9.87. The van der Waals surface area contributed by atoms with Crippen LogP contribution < -0.4 is 0 Å². The first-order valence-corrected chi connectivity index (χ1v) is 7.67. The Morgan fingerprint density at radius 1 is 1.33 bits per heavy atom. The molecule has 2 saturated heterocycles. The molecular formula is C17H23N3O. The molecule has 1 aromatic rings. The second-order valence-corrected chi connectivity index (χ2v) is 6.56. The lowest BCUT2D eigenvalue weighted by Crippen LogP contribution is -2.40. The Balaban J connectivity index is 1.70. The Morgan fingerprint density at radius 3 is 3.00 bits per heavy atom. The fourth-order valence-corrected chi connectivity index (χ4v) is 3.62. The van der Waals surface area contributed by atoms with Gasteiger partial charge in [-0.15, -0.1) is 0 Å². The molecule has 1 spiro atoms. The van der Waals surface area contributed by atoms with Gasteiger partial charge in [-0.05, 0) is 37.7 Å². The zero-order chi connectivity index (χ0) is 14.7. The Labute approximate surface area is 126 Å². The maximum atomic E-state index is 9.02. The highest BCUT2D eigenvalue weighted by Gasteiger charge is 2.39. The summed E-state index contributed by atoms with van der Waals surface area (Å²) in [7, 11) is 2.19. The lowest BCUT2D eigenvalue weighted by molar-refractivity contribution is 0.0730. The van der Waals surface area contributed by atoms with Crippen molar-refractivity contribution < 1.29 is 4.74 Å². The summed E-state index contributed by atoms with van der Waals surface area (Å²) in [6.07, 6.45) is 1.22. The largest absolute Gasteiger partial charge is 0.379 e. The SMILES string of the molecule is CN1CCC2(COCCN(Cc3cccc(C#N)c3)C2)C1. The minimum atomic E-state index is 0.290. The van der Waals surface area contributed by atoms with E-state index >= 15 is 0 Å². The number of likely N-dealkylation sites (tertiary alicyclic amines) is 1. The molecule has 0 aromatic heterocycles. The van der Waals surface area contributed by atoms with Crippen molar-refractivity contribution in [2.45, 2.75) is 13.0 Å². The third-order valence-electron chi connectivity index (χ3n) is 4.61. The summed E-state index contributed by atoms with van der Waals surface area (Å²) in [5, 5.41) is 9.02. The Bertz CT molecular complexity index is 539. The molecule has 2 aliphatic heterocycles. The first-order chi connectivity index (χ1) is 10.2. The summed E-state index contributed by atoms with van der Waals surface area (Å²) in [6, 6.07) is 10.2. The van der Waals surface area contributed by atoms with Crippen molar-refractivity contribution in [3.63, 3.8) is 0 Å². The molecule has 112 valence electrons. The van der Waals surface area contributed by atoms with Crippen LogP contribution in [-0.4, -0.2) is 56.2 Å². The van der Waals surface area contributed by atoms with Crippen molar-refractivity contribution in [1.82, 2.24) is 9.80 Å². The molecule has 0 radical (unpaired) electrons. The minimum absolute atomic E-state index is 0.290. The normalized spacial score (nSPS) is 27.6. The maximum absolute atomic E-state index is 9.02. The smallest absolute Gasteiger partial charge is 0.0991 e. The fourth-order valence-electron chi connectivity index (χ4n) is 3.62. The van der Waals surface area contributed by atoms with Crippen LogP contribution in [-0.2, 0) is 11.3 Å². The highest BCUT2D eigenvalue weighted by Crippen LogP contribution is 2.33. The van der Waals surface area contributed by atoms with Crippen molar-refractivity contribution >= 4 is 0 Å². The fraction of sp³-hybridized carbons (Fsp3) is 0.588. The summed E-state index contributed by atoms with van der Waals surface area (Å²) in [5.74, 6) is 0. The van der Waals surface area contributed by atoms with Gasteiger partial charge >= 0.3 is 0 Å². The zero-order valence-corrected chi connectivity index (χ0v) is 12.7. The number of nitrogens with zero attached hydrogens (tertiary/aromatic N) is 3. The number of rotatable bonds is 2. The Kier molecular flexibility index (Phi) is 4.25. The molecule has 4 nitrogen and oxygen atoms in total. The Morgan fingerprint density at radius 2 is 2.24 bits per heavy atom. The van der Waals surface area contributed by atoms with E-state index in [9.17, 15) is 0 Å². The van der Waals surface area contributed by atoms with E-state index in [1.807, 2.05) is 18.2 Å². The number of ether oxygens (including phenoxy) is 1. The highest BCUT2D eigenvalue weighted by atomic mass is 16.5. The molecule has 1 atom stereocenters.